The number of aromatic nitrogens is 2. The van der Waals surface area contributed by atoms with Crippen molar-refractivity contribution in [2.75, 3.05) is 37.6 Å². The molecule has 1 saturated heterocycles. The monoisotopic (exact) mass is 384 g/mol. The van der Waals surface area contributed by atoms with Crippen molar-refractivity contribution in [3.63, 3.8) is 0 Å². The summed E-state index contributed by atoms with van der Waals surface area (Å²) in [6.07, 6.45) is 0.990. The molecule has 0 saturated carbocycles. The van der Waals surface area contributed by atoms with Crippen LogP contribution in [0, 0.1) is 6.92 Å². The van der Waals surface area contributed by atoms with E-state index in [1.807, 2.05) is 0 Å². The summed E-state index contributed by atoms with van der Waals surface area (Å²) in [6.45, 7) is 7.62. The van der Waals surface area contributed by atoms with E-state index in [1.54, 1.807) is 0 Å². The van der Waals surface area contributed by atoms with Crippen LogP contribution in [0.25, 0.3) is 21.8 Å². The summed E-state index contributed by atoms with van der Waals surface area (Å²) < 4.78 is 2.29. The summed E-state index contributed by atoms with van der Waals surface area (Å²) >= 11 is 0. The van der Waals surface area contributed by atoms with E-state index in [1.165, 1.54) is 33.4 Å². The highest BCUT2D eigenvalue weighted by Gasteiger charge is 2.18. The molecule has 148 valence electrons. The second-order valence-corrected chi connectivity index (χ2v) is 8.16. The first-order valence-corrected chi connectivity index (χ1v) is 10.6. The van der Waals surface area contributed by atoms with E-state index < -0.39 is 0 Å². The van der Waals surface area contributed by atoms with Gasteiger partial charge >= 0.3 is 0 Å². The van der Waals surface area contributed by atoms with E-state index in [4.69, 9.17) is 4.98 Å². The van der Waals surface area contributed by atoms with Crippen molar-refractivity contribution >= 4 is 27.5 Å². The first-order chi connectivity index (χ1) is 14.2. The minimum Gasteiger partial charge on any atom is -0.369 e. The number of anilines is 1. The Bertz CT molecular complexity index is 1130. The van der Waals surface area contributed by atoms with Gasteiger partial charge in [0.05, 0.1) is 11.0 Å². The number of hydrogen-bond donors (Lipinski definition) is 0. The Hall–Kier alpha value is -2.85. The molecule has 0 aliphatic carbocycles. The van der Waals surface area contributed by atoms with Gasteiger partial charge in [0.2, 0.25) is 0 Å². The number of fused-ring (bicyclic) bond motifs is 3. The minimum absolute atomic E-state index is 0.990. The van der Waals surface area contributed by atoms with E-state index in [-0.39, 0.29) is 0 Å². The van der Waals surface area contributed by atoms with Gasteiger partial charge in [-0.3, -0.25) is 4.90 Å². The van der Waals surface area contributed by atoms with Gasteiger partial charge in [0.25, 0.3) is 0 Å². The summed E-state index contributed by atoms with van der Waals surface area (Å²) in [7, 11) is 2.16. The molecule has 4 aromatic rings. The fourth-order valence-corrected chi connectivity index (χ4v) is 4.50. The van der Waals surface area contributed by atoms with Gasteiger partial charge in [-0.1, -0.05) is 48.0 Å². The Morgan fingerprint density at radius 2 is 1.62 bits per heavy atom. The molecule has 0 unspecified atom stereocenters. The van der Waals surface area contributed by atoms with E-state index >= 15 is 0 Å². The van der Waals surface area contributed by atoms with Crippen LogP contribution in [-0.4, -0.2) is 47.2 Å². The Morgan fingerprint density at radius 3 is 2.41 bits per heavy atom. The fourth-order valence-electron chi connectivity index (χ4n) is 4.50. The Kier molecular flexibility index (Phi) is 4.72. The molecule has 0 atom stereocenters. The predicted molar refractivity (Wildman–Crippen MR) is 122 cm³/mol. The van der Waals surface area contributed by atoms with Crippen LogP contribution in [0.4, 0.5) is 5.69 Å². The number of aryl methyl sites for hydroxylation is 2. The lowest BCUT2D eigenvalue weighted by Gasteiger charge is -2.36. The molecule has 5 rings (SSSR count). The maximum atomic E-state index is 4.94. The third-order valence-corrected chi connectivity index (χ3v) is 6.27. The number of imidazole rings is 1. The molecule has 1 aliphatic heterocycles. The Balaban J connectivity index is 1.26. The zero-order valence-corrected chi connectivity index (χ0v) is 17.3. The maximum Gasteiger partial charge on any atom is 0.110 e. The first kappa shape index (κ1) is 18.2. The lowest BCUT2D eigenvalue weighted by atomic mass is 10.1. The summed E-state index contributed by atoms with van der Waals surface area (Å²) in [5, 5.41) is 2.57. The summed E-state index contributed by atoms with van der Waals surface area (Å²) in [4.78, 5) is 10.0. The lowest BCUT2D eigenvalue weighted by Crippen LogP contribution is -2.47. The van der Waals surface area contributed by atoms with Gasteiger partial charge in [-0.2, -0.15) is 0 Å². The number of rotatable bonds is 4. The molecule has 4 nitrogen and oxygen atoms in total. The predicted octanol–water partition coefficient (Wildman–Crippen LogP) is 4.40. The molecule has 1 fully saturated rings. The van der Waals surface area contributed by atoms with Crippen LogP contribution < -0.4 is 4.90 Å². The van der Waals surface area contributed by atoms with Gasteiger partial charge in [0, 0.05) is 57.3 Å². The molecule has 0 bridgehead atoms. The van der Waals surface area contributed by atoms with E-state index in [9.17, 15) is 0 Å². The highest BCUT2D eigenvalue weighted by atomic mass is 15.3. The largest absolute Gasteiger partial charge is 0.369 e. The quantitative estimate of drug-likeness (QED) is 0.521. The average molecular weight is 385 g/mol. The van der Waals surface area contributed by atoms with Gasteiger partial charge in [0.1, 0.15) is 5.82 Å². The lowest BCUT2D eigenvalue weighted by molar-refractivity contribution is 0.259. The third-order valence-electron chi connectivity index (χ3n) is 6.27. The smallest absolute Gasteiger partial charge is 0.110 e. The topological polar surface area (TPSA) is 24.3 Å². The van der Waals surface area contributed by atoms with Crippen molar-refractivity contribution in [1.82, 2.24) is 14.5 Å². The van der Waals surface area contributed by atoms with E-state index in [0.717, 1.165) is 44.7 Å². The molecular formula is C25H28N4. The standard InChI is InChI=1S/C25H28N4/c1-19-7-10-21(11-8-19)29-17-15-28(16-18-29)14-13-24-26-23-12-9-20-5-3-4-6-22(20)25(23)27(24)2/h3-12H,13-18H2,1-2H3. The third kappa shape index (κ3) is 3.49. The van der Waals surface area contributed by atoms with E-state index in [0.29, 0.717) is 0 Å². The highest BCUT2D eigenvalue weighted by Crippen LogP contribution is 2.26. The molecule has 1 aromatic heterocycles. The van der Waals surface area contributed by atoms with E-state index in [2.05, 4.69) is 89.0 Å². The molecule has 0 N–H and O–H groups in total. The summed E-state index contributed by atoms with van der Waals surface area (Å²) in [5.41, 5.74) is 5.02. The minimum atomic E-state index is 0.990. The number of nitrogens with zero attached hydrogens (tertiary/aromatic N) is 4. The zero-order chi connectivity index (χ0) is 19.8. The van der Waals surface area contributed by atoms with Crippen molar-refractivity contribution in [3.05, 3.63) is 72.1 Å². The van der Waals surface area contributed by atoms with Crippen LogP contribution >= 0.6 is 0 Å². The van der Waals surface area contributed by atoms with Gasteiger partial charge in [-0.05, 0) is 30.5 Å². The van der Waals surface area contributed by atoms with Gasteiger partial charge in [0.15, 0.2) is 0 Å². The summed E-state index contributed by atoms with van der Waals surface area (Å²) in [6, 6.07) is 21.8. The average Bonchev–Trinajstić information content (AvgIpc) is 3.09. The van der Waals surface area contributed by atoms with Crippen molar-refractivity contribution in [3.8, 4) is 0 Å². The summed E-state index contributed by atoms with van der Waals surface area (Å²) in [5.74, 6) is 1.18. The van der Waals surface area contributed by atoms with Crippen LogP contribution in [0.5, 0.6) is 0 Å². The molecule has 0 spiro atoms. The normalized spacial score (nSPS) is 15.4. The van der Waals surface area contributed by atoms with Gasteiger partial charge in [-0.25, -0.2) is 4.98 Å². The van der Waals surface area contributed by atoms with Crippen LogP contribution in [0.3, 0.4) is 0 Å². The molecule has 3 aromatic carbocycles. The van der Waals surface area contributed by atoms with Crippen LogP contribution in [0.1, 0.15) is 11.4 Å². The molecule has 0 amide bonds. The van der Waals surface area contributed by atoms with Crippen molar-refractivity contribution in [2.45, 2.75) is 13.3 Å². The van der Waals surface area contributed by atoms with Crippen LogP contribution in [0.2, 0.25) is 0 Å². The van der Waals surface area contributed by atoms with Crippen molar-refractivity contribution in [2.24, 2.45) is 7.05 Å². The Labute approximate surface area is 172 Å². The molecule has 2 heterocycles. The molecule has 0 radical (unpaired) electrons. The fraction of sp³-hybridized carbons (Fsp3) is 0.320. The second-order valence-electron chi connectivity index (χ2n) is 8.16. The Morgan fingerprint density at radius 1 is 0.862 bits per heavy atom. The van der Waals surface area contributed by atoms with Crippen molar-refractivity contribution < 1.29 is 0 Å². The van der Waals surface area contributed by atoms with Crippen LogP contribution in [0.15, 0.2) is 60.7 Å². The molecule has 4 heteroatoms. The molecular weight excluding hydrogens is 356 g/mol. The first-order valence-electron chi connectivity index (χ1n) is 10.6. The number of hydrogen-bond acceptors (Lipinski definition) is 3. The van der Waals surface area contributed by atoms with Gasteiger partial charge < -0.3 is 9.47 Å². The number of piperazine rings is 1. The van der Waals surface area contributed by atoms with Crippen molar-refractivity contribution in [1.29, 1.82) is 0 Å². The molecule has 29 heavy (non-hydrogen) atoms. The van der Waals surface area contributed by atoms with Crippen LogP contribution in [-0.2, 0) is 13.5 Å². The molecule has 1 aliphatic rings. The SMILES string of the molecule is Cc1ccc(N2CCN(CCc3nc4ccc5ccccc5c4n3C)CC2)cc1. The number of benzene rings is 3. The second kappa shape index (κ2) is 7.53. The zero-order valence-electron chi connectivity index (χ0n) is 17.3. The maximum absolute atomic E-state index is 4.94. The van der Waals surface area contributed by atoms with Gasteiger partial charge in [-0.15, -0.1) is 0 Å². The highest BCUT2D eigenvalue weighted by molar-refractivity contribution is 6.04.